The number of esters is 2. The third-order valence-electron chi connectivity index (χ3n) is 7.22. The minimum Gasteiger partial charge on any atom is -0.464 e. The number of likely N-dealkylation sites (tertiary alicyclic amines) is 1. The van der Waals surface area contributed by atoms with E-state index in [0.29, 0.717) is 36.1 Å². The van der Waals surface area contributed by atoms with Crippen molar-refractivity contribution in [3.63, 3.8) is 0 Å². The van der Waals surface area contributed by atoms with Gasteiger partial charge in [0.25, 0.3) is 0 Å². The number of aromatic nitrogens is 1. The van der Waals surface area contributed by atoms with Crippen molar-refractivity contribution in [1.29, 1.82) is 0 Å². The van der Waals surface area contributed by atoms with E-state index in [1.807, 2.05) is 0 Å². The Labute approximate surface area is 241 Å². The first kappa shape index (κ1) is 33.0. The van der Waals surface area contributed by atoms with Gasteiger partial charge in [0.15, 0.2) is 6.35 Å². The number of carbonyl (C=O) groups is 4. The topological polar surface area (TPSA) is 156 Å². The molecule has 2 fully saturated rings. The third kappa shape index (κ3) is 8.53. The Hall–Kier alpha value is -3.46. The molecule has 0 bridgehead atoms. The van der Waals surface area contributed by atoms with Crippen molar-refractivity contribution in [2.45, 2.75) is 83.9 Å². The molecule has 12 nitrogen and oxygen atoms in total. The van der Waals surface area contributed by atoms with Crippen molar-refractivity contribution < 1.29 is 51.7 Å². The molecule has 2 heterocycles. The molecule has 1 aromatic heterocycles. The molecular weight excluding hydrogens is 565 g/mol. The zero-order chi connectivity index (χ0) is 31.0. The van der Waals surface area contributed by atoms with Crippen LogP contribution in [0.2, 0.25) is 0 Å². The predicted molar refractivity (Wildman–Crippen MR) is 140 cm³/mol. The van der Waals surface area contributed by atoms with Gasteiger partial charge in [0, 0.05) is 6.20 Å². The fourth-order valence-electron chi connectivity index (χ4n) is 5.13. The van der Waals surface area contributed by atoms with Crippen molar-refractivity contribution in [2.75, 3.05) is 18.7 Å². The third-order valence-corrected chi connectivity index (χ3v) is 7.22. The van der Waals surface area contributed by atoms with Crippen LogP contribution in [0.5, 0.6) is 0 Å². The normalized spacial score (nSPS) is 20.9. The summed E-state index contributed by atoms with van der Waals surface area (Å²) in [5.74, 6) is -4.34. The SMILES string of the molecule is CCOC(=O)C1C(Cc2ccnc(NC(=O)OCOC(=O)C(C)C)c2)C(=O)N1C(O)NC(C1CCCCC1)C(F)(F)F. The van der Waals surface area contributed by atoms with Gasteiger partial charge in [-0.05, 0) is 49.8 Å². The number of β-lactam (4-membered cyclic amide) rings is 1. The van der Waals surface area contributed by atoms with Crippen LogP contribution in [0.4, 0.5) is 23.8 Å². The van der Waals surface area contributed by atoms with Crippen LogP contribution >= 0.6 is 0 Å². The maximum Gasteiger partial charge on any atom is 0.415 e. The van der Waals surface area contributed by atoms with Crippen LogP contribution in [-0.2, 0) is 35.0 Å². The Morgan fingerprint density at radius 1 is 1.14 bits per heavy atom. The van der Waals surface area contributed by atoms with Crippen LogP contribution in [0.15, 0.2) is 18.3 Å². The van der Waals surface area contributed by atoms with Crippen LogP contribution in [-0.4, -0.2) is 76.9 Å². The Morgan fingerprint density at radius 3 is 2.45 bits per heavy atom. The molecule has 3 N–H and O–H groups in total. The molecule has 2 amide bonds. The molecule has 4 unspecified atom stereocenters. The number of aliphatic hydroxyl groups is 1. The number of carbonyl (C=O) groups excluding carboxylic acids is 4. The summed E-state index contributed by atoms with van der Waals surface area (Å²) in [6.45, 7) is 4.12. The Morgan fingerprint density at radius 2 is 1.83 bits per heavy atom. The smallest absolute Gasteiger partial charge is 0.415 e. The van der Waals surface area contributed by atoms with E-state index in [2.05, 4.69) is 15.6 Å². The number of amides is 2. The van der Waals surface area contributed by atoms with Gasteiger partial charge in [-0.1, -0.05) is 33.1 Å². The highest BCUT2D eigenvalue weighted by atomic mass is 19.4. The number of ether oxygens (including phenoxy) is 3. The van der Waals surface area contributed by atoms with Gasteiger partial charge in [-0.3, -0.25) is 25.1 Å². The fraction of sp³-hybridized carbons (Fsp3) is 0.667. The van der Waals surface area contributed by atoms with E-state index in [4.69, 9.17) is 14.2 Å². The maximum absolute atomic E-state index is 13.9. The number of nitrogens with one attached hydrogen (secondary N) is 2. The zero-order valence-electron chi connectivity index (χ0n) is 23.7. The van der Waals surface area contributed by atoms with Crippen LogP contribution in [0.1, 0.15) is 58.4 Å². The van der Waals surface area contributed by atoms with Gasteiger partial charge in [-0.25, -0.2) is 14.6 Å². The van der Waals surface area contributed by atoms with Gasteiger partial charge in [-0.2, -0.15) is 13.2 Å². The summed E-state index contributed by atoms with van der Waals surface area (Å²) in [7, 11) is 0. The molecule has 1 aliphatic heterocycles. The van der Waals surface area contributed by atoms with Gasteiger partial charge >= 0.3 is 24.2 Å². The minimum absolute atomic E-state index is 0.0335. The Bertz CT molecular complexity index is 1110. The number of hydrogen-bond acceptors (Lipinski definition) is 10. The largest absolute Gasteiger partial charge is 0.464 e. The van der Waals surface area contributed by atoms with E-state index in [0.717, 1.165) is 6.42 Å². The molecule has 0 spiro atoms. The lowest BCUT2D eigenvalue weighted by atomic mass is 9.82. The van der Waals surface area contributed by atoms with Crippen LogP contribution in [0.25, 0.3) is 0 Å². The van der Waals surface area contributed by atoms with Gasteiger partial charge in [0.1, 0.15) is 17.9 Å². The molecule has 0 aromatic carbocycles. The molecule has 15 heteroatoms. The van der Waals surface area contributed by atoms with Gasteiger partial charge in [0.05, 0.1) is 18.4 Å². The number of nitrogens with zero attached hydrogens (tertiary/aromatic N) is 2. The fourth-order valence-corrected chi connectivity index (χ4v) is 5.13. The van der Waals surface area contributed by atoms with Crippen LogP contribution < -0.4 is 10.6 Å². The standard InChI is InChI=1S/C27H37F3N4O8/c1-4-40-24(37)20-18(12-16-10-11-31-19(13-16)32-26(39)42-14-41-23(36)15(2)3)22(35)34(20)25(38)33-21(27(28,29)30)17-8-6-5-7-9-17/h10-11,13,15,17-18,20-21,25,33,38H,4-9,12,14H2,1-3H3,(H,31,32,39). The highest BCUT2D eigenvalue weighted by Gasteiger charge is 2.56. The first-order chi connectivity index (χ1) is 19.8. The molecule has 4 atom stereocenters. The van der Waals surface area contributed by atoms with E-state index < -0.39 is 73.1 Å². The summed E-state index contributed by atoms with van der Waals surface area (Å²) in [6, 6.07) is -0.455. The van der Waals surface area contributed by atoms with E-state index in [1.54, 1.807) is 20.8 Å². The molecule has 2 aliphatic rings. The van der Waals surface area contributed by atoms with E-state index >= 15 is 0 Å². The average Bonchev–Trinajstić information content (AvgIpc) is 2.93. The van der Waals surface area contributed by atoms with Crippen LogP contribution in [0.3, 0.4) is 0 Å². The van der Waals surface area contributed by atoms with E-state index in [9.17, 15) is 37.5 Å². The number of aliphatic hydroxyl groups excluding tert-OH is 1. The molecular formula is C27H37F3N4O8. The second-order valence-corrected chi connectivity index (χ2v) is 10.6. The first-order valence-electron chi connectivity index (χ1n) is 13.9. The highest BCUT2D eigenvalue weighted by Crippen LogP contribution is 2.37. The summed E-state index contributed by atoms with van der Waals surface area (Å²) in [6.07, 6.45) is -3.66. The number of rotatable bonds is 12. The lowest BCUT2D eigenvalue weighted by Crippen LogP contribution is -2.72. The Kier molecular flexibility index (Phi) is 11.5. The number of anilines is 1. The number of hydrogen-bond donors (Lipinski definition) is 3. The molecule has 1 saturated heterocycles. The second kappa shape index (κ2) is 14.6. The van der Waals surface area contributed by atoms with E-state index in [-0.39, 0.29) is 18.8 Å². The monoisotopic (exact) mass is 602 g/mol. The van der Waals surface area contributed by atoms with Crippen LogP contribution in [0, 0.1) is 17.8 Å². The first-order valence-corrected chi connectivity index (χ1v) is 13.9. The summed E-state index contributed by atoms with van der Waals surface area (Å²) in [5, 5.41) is 15.2. The Balaban J connectivity index is 1.68. The number of pyridine rings is 1. The van der Waals surface area contributed by atoms with Crippen molar-refractivity contribution in [3.05, 3.63) is 23.9 Å². The van der Waals surface area contributed by atoms with Crippen molar-refractivity contribution in [2.24, 2.45) is 17.8 Å². The zero-order valence-corrected chi connectivity index (χ0v) is 23.7. The summed E-state index contributed by atoms with van der Waals surface area (Å²) < 4.78 is 56.4. The molecule has 3 rings (SSSR count). The molecule has 42 heavy (non-hydrogen) atoms. The number of halogens is 3. The molecule has 1 aromatic rings. The van der Waals surface area contributed by atoms with Crippen molar-refractivity contribution in [3.8, 4) is 0 Å². The maximum atomic E-state index is 13.9. The highest BCUT2D eigenvalue weighted by molar-refractivity contribution is 5.97. The summed E-state index contributed by atoms with van der Waals surface area (Å²) in [5.41, 5.74) is 0.455. The van der Waals surface area contributed by atoms with Gasteiger partial charge < -0.3 is 19.3 Å². The predicted octanol–water partition coefficient (Wildman–Crippen LogP) is 3.10. The van der Waals surface area contributed by atoms with Crippen molar-refractivity contribution in [1.82, 2.24) is 15.2 Å². The lowest BCUT2D eigenvalue weighted by Gasteiger charge is -2.48. The lowest BCUT2D eigenvalue weighted by molar-refractivity contribution is -0.210. The summed E-state index contributed by atoms with van der Waals surface area (Å²) in [4.78, 5) is 54.0. The van der Waals surface area contributed by atoms with Crippen molar-refractivity contribution >= 4 is 29.8 Å². The quantitative estimate of drug-likeness (QED) is 0.185. The molecule has 0 radical (unpaired) electrons. The average molecular weight is 603 g/mol. The van der Waals surface area contributed by atoms with E-state index in [1.165, 1.54) is 18.3 Å². The van der Waals surface area contributed by atoms with Gasteiger partial charge in [0.2, 0.25) is 12.7 Å². The second-order valence-electron chi connectivity index (χ2n) is 10.6. The molecule has 1 saturated carbocycles. The molecule has 234 valence electrons. The number of alkyl halides is 3. The summed E-state index contributed by atoms with van der Waals surface area (Å²) >= 11 is 0. The minimum atomic E-state index is -4.67. The van der Waals surface area contributed by atoms with Gasteiger partial charge in [-0.15, -0.1) is 0 Å². The molecule has 1 aliphatic carbocycles.